The molecule has 0 aromatic carbocycles. The third-order valence-corrected chi connectivity index (χ3v) is 6.83. The van der Waals surface area contributed by atoms with Gasteiger partial charge in [0.2, 0.25) is 0 Å². The van der Waals surface area contributed by atoms with Gasteiger partial charge in [-0.2, -0.15) is 0 Å². The third kappa shape index (κ3) is 3.44. The monoisotopic (exact) mass is 433 g/mol. The highest BCUT2D eigenvalue weighted by atomic mass is 16.1. The molecule has 2 saturated carbocycles. The van der Waals surface area contributed by atoms with Crippen LogP contribution >= 0.6 is 0 Å². The molecule has 0 radical (unpaired) electrons. The highest BCUT2D eigenvalue weighted by Crippen LogP contribution is 2.40. The molecule has 1 amide bonds. The number of hydrogen-bond donors (Lipinski definition) is 2. The number of carbonyl (C=O) groups is 1. The number of rotatable bonds is 5. The summed E-state index contributed by atoms with van der Waals surface area (Å²) in [5.41, 5.74) is 4.59. The van der Waals surface area contributed by atoms with Gasteiger partial charge >= 0.3 is 0 Å². The van der Waals surface area contributed by atoms with Crippen LogP contribution < -0.4 is 15.8 Å². The van der Waals surface area contributed by atoms with Gasteiger partial charge in [0.1, 0.15) is 5.69 Å². The third-order valence-electron chi connectivity index (χ3n) is 6.83. The van der Waals surface area contributed by atoms with Gasteiger partial charge in [-0.05, 0) is 55.0 Å². The van der Waals surface area contributed by atoms with Crippen LogP contribution in [0.15, 0.2) is 41.5 Å². The highest BCUT2D eigenvalue weighted by molar-refractivity contribution is 5.92. The summed E-state index contributed by atoms with van der Waals surface area (Å²) in [6, 6.07) is 8.17. The van der Waals surface area contributed by atoms with Crippen molar-refractivity contribution >= 4 is 22.6 Å². The fourth-order valence-corrected chi connectivity index (χ4v) is 4.89. The molecule has 164 valence electrons. The summed E-state index contributed by atoms with van der Waals surface area (Å²) >= 11 is 0. The Kier molecular flexibility index (Phi) is 3.79. The Morgan fingerprint density at radius 1 is 1.22 bits per heavy atom. The summed E-state index contributed by atoms with van der Waals surface area (Å²) in [5.74, 6) is -0.315. The summed E-state index contributed by atoms with van der Waals surface area (Å²) in [4.78, 5) is 41.0. The molecule has 8 heteroatoms. The summed E-state index contributed by atoms with van der Waals surface area (Å²) in [7, 11) is 0. The zero-order valence-corrected chi connectivity index (χ0v) is 17.5. The standard InChI is InChI=1S/C24H26N6O2/c1-25-24(32)18-5-4-16(12-27-18)30-7-6-29(21-10-22(21)30)13-14-8-20-19(26-11-14)9-17(15-2-3-15)23(31)28-20/h4-5,8-9,11-12,15,21-22H,2-3,6-7,10,13H2,1H3,(H,25,32)(H,28,31)/t21-,22+/m0/s1/i1D3. The molecule has 32 heavy (non-hydrogen) atoms. The molecule has 2 N–H and O–H groups in total. The highest BCUT2D eigenvalue weighted by Gasteiger charge is 2.48. The largest absolute Gasteiger partial charge is 0.364 e. The number of nitrogens with one attached hydrogen (secondary N) is 2. The van der Waals surface area contributed by atoms with Crippen LogP contribution in [0.3, 0.4) is 0 Å². The fourth-order valence-electron chi connectivity index (χ4n) is 4.89. The summed E-state index contributed by atoms with van der Waals surface area (Å²) in [5, 5.41) is 1.96. The molecular formula is C24H26N6O2. The van der Waals surface area contributed by atoms with Gasteiger partial charge in [-0.3, -0.25) is 19.5 Å². The van der Waals surface area contributed by atoms with E-state index in [4.69, 9.17) is 4.11 Å². The van der Waals surface area contributed by atoms with E-state index >= 15 is 0 Å². The molecule has 0 bridgehead atoms. The van der Waals surface area contributed by atoms with Crippen molar-refractivity contribution in [2.45, 2.75) is 43.8 Å². The predicted molar refractivity (Wildman–Crippen MR) is 122 cm³/mol. The first-order valence-electron chi connectivity index (χ1n) is 12.6. The Morgan fingerprint density at radius 3 is 2.91 bits per heavy atom. The number of pyridine rings is 3. The first-order chi connectivity index (χ1) is 16.7. The lowest BCUT2D eigenvalue weighted by molar-refractivity contribution is 0.0958. The van der Waals surface area contributed by atoms with Crippen LogP contribution in [0.1, 0.15) is 50.9 Å². The Hall–Kier alpha value is -3.26. The lowest BCUT2D eigenvalue weighted by Gasteiger charge is -2.35. The van der Waals surface area contributed by atoms with E-state index in [0.29, 0.717) is 18.0 Å². The van der Waals surface area contributed by atoms with Gasteiger partial charge in [-0.25, -0.2) is 4.98 Å². The first-order valence-corrected chi connectivity index (χ1v) is 11.1. The van der Waals surface area contributed by atoms with E-state index in [0.717, 1.165) is 66.7 Å². The first kappa shape index (κ1) is 16.4. The maximum atomic E-state index is 12.4. The zero-order valence-electron chi connectivity index (χ0n) is 20.5. The molecule has 8 nitrogen and oxygen atoms in total. The number of nitrogens with zero attached hydrogens (tertiary/aromatic N) is 4. The van der Waals surface area contributed by atoms with Crippen molar-refractivity contribution < 1.29 is 8.91 Å². The minimum Gasteiger partial charge on any atom is -0.364 e. The van der Waals surface area contributed by atoms with Gasteiger partial charge in [0.05, 0.1) is 22.9 Å². The summed E-state index contributed by atoms with van der Waals surface area (Å²) in [6.45, 7) is -0.0644. The number of aromatic amines is 1. The molecule has 6 rings (SSSR count). The van der Waals surface area contributed by atoms with Gasteiger partial charge in [0.15, 0.2) is 0 Å². The van der Waals surface area contributed by atoms with Crippen molar-refractivity contribution in [3.8, 4) is 0 Å². The fraction of sp³-hybridized carbons (Fsp3) is 0.417. The molecule has 3 fully saturated rings. The topological polar surface area (TPSA) is 94.2 Å². The SMILES string of the molecule is [2H]C([2H])([2H])NC(=O)c1ccc(N2CCN(Cc3cnc4cc(C5CC5)c(=O)[nH]c4c3)[C@H]3C[C@H]32)cn1. The second kappa shape index (κ2) is 7.41. The molecule has 4 heterocycles. The van der Waals surface area contributed by atoms with Gasteiger partial charge in [-0.1, -0.05) is 0 Å². The lowest BCUT2D eigenvalue weighted by Crippen LogP contribution is -2.46. The van der Waals surface area contributed by atoms with E-state index in [1.807, 2.05) is 29.7 Å². The number of hydrogen-bond acceptors (Lipinski definition) is 6. The number of aromatic nitrogens is 3. The molecule has 2 aliphatic carbocycles. The van der Waals surface area contributed by atoms with Crippen molar-refractivity contribution in [2.24, 2.45) is 0 Å². The van der Waals surface area contributed by atoms with E-state index in [2.05, 4.69) is 24.8 Å². The molecule has 3 aromatic rings. The number of piperazine rings is 1. The van der Waals surface area contributed by atoms with Gasteiger partial charge < -0.3 is 15.2 Å². The molecule has 3 aliphatic rings. The van der Waals surface area contributed by atoms with Crippen LogP contribution in [0, 0.1) is 0 Å². The Morgan fingerprint density at radius 2 is 2.12 bits per heavy atom. The van der Waals surface area contributed by atoms with Crippen LogP contribution in [-0.4, -0.2) is 57.9 Å². The van der Waals surface area contributed by atoms with Gasteiger partial charge in [-0.15, -0.1) is 0 Å². The van der Waals surface area contributed by atoms with Crippen molar-refractivity contribution in [1.82, 2.24) is 25.2 Å². The second-order valence-corrected chi connectivity index (χ2v) is 8.99. The van der Waals surface area contributed by atoms with E-state index in [9.17, 15) is 9.59 Å². The quantitative estimate of drug-likeness (QED) is 0.639. The minimum atomic E-state index is -2.54. The van der Waals surface area contributed by atoms with Crippen LogP contribution in [0.2, 0.25) is 0 Å². The number of carbonyl (C=O) groups excluding carboxylic acids is 1. The van der Waals surface area contributed by atoms with E-state index in [1.165, 1.54) is 0 Å². The maximum Gasteiger partial charge on any atom is 0.269 e. The maximum absolute atomic E-state index is 12.4. The Balaban J connectivity index is 1.11. The normalized spacial score (nSPS) is 24.4. The van der Waals surface area contributed by atoms with Crippen LogP contribution in [0.25, 0.3) is 11.0 Å². The number of anilines is 1. The van der Waals surface area contributed by atoms with Crippen LogP contribution in [0.4, 0.5) is 5.69 Å². The summed E-state index contributed by atoms with van der Waals surface area (Å²) in [6.07, 6.45) is 6.76. The molecule has 0 unspecified atom stereocenters. The van der Waals surface area contributed by atoms with E-state index in [1.54, 1.807) is 12.3 Å². The molecule has 1 aliphatic heterocycles. The lowest BCUT2D eigenvalue weighted by atomic mass is 10.1. The number of H-pyrrole nitrogens is 1. The van der Waals surface area contributed by atoms with E-state index in [-0.39, 0.29) is 11.3 Å². The number of fused-ring (bicyclic) bond motifs is 2. The molecule has 3 aromatic heterocycles. The predicted octanol–water partition coefficient (Wildman–Crippen LogP) is 2.02. The second-order valence-electron chi connectivity index (χ2n) is 8.99. The van der Waals surface area contributed by atoms with Gasteiger partial charge in [0, 0.05) is 54.6 Å². The Bertz CT molecular complexity index is 1350. The zero-order chi connectivity index (χ0) is 24.3. The van der Waals surface area contributed by atoms with E-state index < -0.39 is 12.9 Å². The van der Waals surface area contributed by atoms with Crippen molar-refractivity contribution in [2.75, 3.05) is 25.0 Å². The molecule has 0 spiro atoms. The van der Waals surface area contributed by atoms with Crippen LogP contribution in [0.5, 0.6) is 0 Å². The molecule has 2 atom stereocenters. The summed E-state index contributed by atoms with van der Waals surface area (Å²) < 4.78 is 21.5. The molecule has 1 saturated heterocycles. The number of amides is 1. The van der Waals surface area contributed by atoms with Crippen molar-refractivity contribution in [3.05, 3.63) is 63.8 Å². The average molecular weight is 434 g/mol. The van der Waals surface area contributed by atoms with Crippen molar-refractivity contribution in [1.29, 1.82) is 0 Å². The van der Waals surface area contributed by atoms with Crippen molar-refractivity contribution in [3.63, 3.8) is 0 Å². The minimum absolute atomic E-state index is 0.00494. The smallest absolute Gasteiger partial charge is 0.269 e. The average Bonchev–Trinajstić information content (AvgIpc) is 3.72. The molecular weight excluding hydrogens is 404 g/mol. The van der Waals surface area contributed by atoms with Gasteiger partial charge in [0.25, 0.3) is 11.5 Å². The Labute approximate surface area is 189 Å². The van der Waals surface area contributed by atoms with Crippen LogP contribution in [-0.2, 0) is 6.54 Å².